The number of nitrogens with zero attached hydrogens (tertiary/aromatic N) is 1. The molecule has 0 radical (unpaired) electrons. The van der Waals surface area contributed by atoms with E-state index in [0.29, 0.717) is 11.1 Å². The molecule has 5 nitrogen and oxygen atoms in total. The first kappa shape index (κ1) is 15.1. The molecule has 0 spiro atoms. The largest absolute Gasteiger partial charge is 0.462 e. The molecular weight excluding hydrogens is 268 g/mol. The molecule has 0 bridgehead atoms. The van der Waals surface area contributed by atoms with Crippen molar-refractivity contribution >= 4 is 22.6 Å². The average molecular weight is 288 g/mol. The van der Waals surface area contributed by atoms with Crippen molar-refractivity contribution in [2.75, 3.05) is 12.3 Å². The van der Waals surface area contributed by atoms with Crippen molar-refractivity contribution < 1.29 is 9.53 Å². The summed E-state index contributed by atoms with van der Waals surface area (Å²) in [5, 5.41) is 0.378. The lowest BCUT2D eigenvalue weighted by atomic mass is 10.1. The Bertz CT molecular complexity index is 734. The molecule has 2 N–H and O–H groups in total. The molecule has 0 aliphatic carbocycles. The molecule has 112 valence electrons. The van der Waals surface area contributed by atoms with Crippen molar-refractivity contribution in [2.45, 2.75) is 33.2 Å². The third-order valence-corrected chi connectivity index (χ3v) is 3.65. The van der Waals surface area contributed by atoms with Gasteiger partial charge >= 0.3 is 5.97 Å². The van der Waals surface area contributed by atoms with E-state index in [1.807, 2.05) is 24.5 Å². The summed E-state index contributed by atoms with van der Waals surface area (Å²) in [4.78, 5) is 24.5. The molecule has 1 aromatic carbocycles. The molecule has 0 fully saturated rings. The first-order valence-electron chi connectivity index (χ1n) is 7.11. The Hall–Kier alpha value is -2.30. The molecule has 1 aromatic heterocycles. The highest BCUT2D eigenvalue weighted by molar-refractivity contribution is 5.97. The fraction of sp³-hybridized carbons (Fsp3) is 0.375. The van der Waals surface area contributed by atoms with Crippen LogP contribution in [0.25, 0.3) is 10.9 Å². The zero-order chi connectivity index (χ0) is 15.6. The van der Waals surface area contributed by atoms with Crippen LogP contribution >= 0.6 is 0 Å². The van der Waals surface area contributed by atoms with Crippen LogP contribution in [0.2, 0.25) is 0 Å². The number of nitrogen functional groups attached to an aromatic ring is 1. The molecule has 2 rings (SSSR count). The fourth-order valence-corrected chi connectivity index (χ4v) is 2.34. The van der Waals surface area contributed by atoms with Crippen LogP contribution in [0.15, 0.2) is 29.2 Å². The van der Waals surface area contributed by atoms with E-state index in [4.69, 9.17) is 10.5 Å². The third kappa shape index (κ3) is 2.63. The summed E-state index contributed by atoms with van der Waals surface area (Å²) >= 11 is 0. The van der Waals surface area contributed by atoms with Crippen LogP contribution in [-0.2, 0) is 4.74 Å². The summed E-state index contributed by atoms with van der Waals surface area (Å²) in [6.45, 7) is 6.01. The number of rotatable bonds is 4. The highest BCUT2D eigenvalue weighted by atomic mass is 16.5. The molecule has 1 unspecified atom stereocenters. The zero-order valence-corrected chi connectivity index (χ0v) is 12.6. The Labute approximate surface area is 123 Å². The van der Waals surface area contributed by atoms with E-state index in [1.54, 1.807) is 25.3 Å². The lowest BCUT2D eigenvalue weighted by Crippen LogP contribution is -2.22. The first-order valence-corrected chi connectivity index (χ1v) is 7.11. The van der Waals surface area contributed by atoms with Gasteiger partial charge in [-0.25, -0.2) is 4.79 Å². The fourth-order valence-electron chi connectivity index (χ4n) is 2.34. The van der Waals surface area contributed by atoms with Gasteiger partial charge < -0.3 is 15.0 Å². The van der Waals surface area contributed by atoms with E-state index in [0.717, 1.165) is 11.9 Å². The van der Waals surface area contributed by atoms with Crippen molar-refractivity contribution in [1.82, 2.24) is 4.57 Å². The summed E-state index contributed by atoms with van der Waals surface area (Å²) in [6, 6.07) is 5.46. The molecule has 0 aliphatic rings. The Kier molecular flexibility index (Phi) is 4.31. The number of aromatic nitrogens is 1. The first-order chi connectivity index (χ1) is 10.0. The predicted octanol–water partition coefficient (Wildman–Crippen LogP) is 2.73. The number of fused-ring (bicyclic) bond motifs is 1. The Balaban J connectivity index is 2.83. The second-order valence-corrected chi connectivity index (χ2v) is 5.00. The molecule has 0 amide bonds. The number of pyridine rings is 1. The Morgan fingerprint density at radius 3 is 2.71 bits per heavy atom. The summed E-state index contributed by atoms with van der Waals surface area (Å²) < 4.78 is 6.89. The number of hydrogen-bond acceptors (Lipinski definition) is 4. The van der Waals surface area contributed by atoms with Crippen LogP contribution in [-0.4, -0.2) is 17.1 Å². The second-order valence-electron chi connectivity index (χ2n) is 5.00. The Morgan fingerprint density at radius 2 is 2.10 bits per heavy atom. The number of carbonyl (C=O) groups is 1. The summed E-state index contributed by atoms with van der Waals surface area (Å²) in [6.07, 6.45) is 2.45. The van der Waals surface area contributed by atoms with E-state index in [-0.39, 0.29) is 23.6 Å². The maximum Gasteiger partial charge on any atom is 0.343 e. The van der Waals surface area contributed by atoms with E-state index < -0.39 is 5.97 Å². The molecule has 0 saturated carbocycles. The Morgan fingerprint density at radius 1 is 1.38 bits per heavy atom. The second kappa shape index (κ2) is 5.99. The van der Waals surface area contributed by atoms with Gasteiger partial charge in [0.15, 0.2) is 0 Å². The van der Waals surface area contributed by atoms with Gasteiger partial charge in [0.25, 0.3) is 0 Å². The zero-order valence-electron chi connectivity index (χ0n) is 12.6. The molecule has 2 aromatic rings. The molecule has 0 saturated heterocycles. The lowest BCUT2D eigenvalue weighted by Gasteiger charge is -2.19. The van der Waals surface area contributed by atoms with Gasteiger partial charge in [-0.05, 0) is 32.4 Å². The normalized spacial score (nSPS) is 12.3. The molecular formula is C16H20N2O3. The van der Waals surface area contributed by atoms with E-state index in [2.05, 4.69) is 0 Å². The highest BCUT2D eigenvalue weighted by Crippen LogP contribution is 2.23. The molecule has 0 aliphatic heterocycles. The number of benzene rings is 1. The highest BCUT2D eigenvalue weighted by Gasteiger charge is 2.19. The average Bonchev–Trinajstić information content (AvgIpc) is 2.47. The van der Waals surface area contributed by atoms with E-state index in [1.165, 1.54) is 0 Å². The summed E-state index contributed by atoms with van der Waals surface area (Å²) in [5.74, 6) is -0.607. The molecule has 1 atom stereocenters. The predicted molar refractivity (Wildman–Crippen MR) is 83.6 cm³/mol. The van der Waals surface area contributed by atoms with Gasteiger partial charge in [-0.15, -0.1) is 0 Å². The van der Waals surface area contributed by atoms with Crippen molar-refractivity contribution in [3.63, 3.8) is 0 Å². The topological polar surface area (TPSA) is 74.3 Å². The van der Waals surface area contributed by atoms with Gasteiger partial charge in [0.05, 0.1) is 17.5 Å². The van der Waals surface area contributed by atoms with Crippen LogP contribution in [0.3, 0.4) is 0 Å². The van der Waals surface area contributed by atoms with Crippen LogP contribution in [0.4, 0.5) is 5.69 Å². The lowest BCUT2D eigenvalue weighted by molar-refractivity contribution is 0.0524. The van der Waals surface area contributed by atoms with Crippen LogP contribution in [0.1, 0.15) is 43.6 Å². The van der Waals surface area contributed by atoms with Gasteiger partial charge in [0.2, 0.25) is 5.43 Å². The smallest absolute Gasteiger partial charge is 0.343 e. The maximum atomic E-state index is 12.5. The monoisotopic (exact) mass is 288 g/mol. The van der Waals surface area contributed by atoms with Crippen LogP contribution in [0, 0.1) is 0 Å². The standard InChI is InChI=1S/C16H20N2O3/c1-4-10(3)18-9-11(16(20)21-5-2)15(19)14-12(17)7-6-8-13(14)18/h6-10H,4-5,17H2,1-3H3. The summed E-state index contributed by atoms with van der Waals surface area (Å²) in [5.41, 5.74) is 6.72. The van der Waals surface area contributed by atoms with Crippen LogP contribution < -0.4 is 11.2 Å². The van der Waals surface area contributed by atoms with E-state index >= 15 is 0 Å². The van der Waals surface area contributed by atoms with Gasteiger partial charge in [-0.3, -0.25) is 4.79 Å². The number of esters is 1. The molecule has 5 heteroatoms. The van der Waals surface area contributed by atoms with Crippen molar-refractivity contribution in [3.05, 3.63) is 40.2 Å². The molecule has 21 heavy (non-hydrogen) atoms. The van der Waals surface area contributed by atoms with Crippen molar-refractivity contribution in [3.8, 4) is 0 Å². The van der Waals surface area contributed by atoms with Crippen LogP contribution in [0.5, 0.6) is 0 Å². The number of nitrogens with two attached hydrogens (primary N) is 1. The van der Waals surface area contributed by atoms with Gasteiger partial charge in [0.1, 0.15) is 5.56 Å². The number of hydrogen-bond donors (Lipinski definition) is 1. The van der Waals surface area contributed by atoms with Crippen molar-refractivity contribution in [1.29, 1.82) is 0 Å². The molecule has 1 heterocycles. The number of anilines is 1. The summed E-state index contributed by atoms with van der Waals surface area (Å²) in [7, 11) is 0. The maximum absolute atomic E-state index is 12.5. The van der Waals surface area contributed by atoms with Gasteiger partial charge in [-0.1, -0.05) is 13.0 Å². The number of carbonyl (C=O) groups excluding carboxylic acids is 1. The number of ether oxygens (including phenoxy) is 1. The van der Waals surface area contributed by atoms with Gasteiger partial charge in [-0.2, -0.15) is 0 Å². The quantitative estimate of drug-likeness (QED) is 0.693. The minimum Gasteiger partial charge on any atom is -0.462 e. The van der Waals surface area contributed by atoms with Gasteiger partial charge in [0, 0.05) is 17.9 Å². The third-order valence-electron chi connectivity index (χ3n) is 3.65. The van der Waals surface area contributed by atoms with Crippen molar-refractivity contribution in [2.24, 2.45) is 0 Å². The minimum atomic E-state index is -0.607. The minimum absolute atomic E-state index is 0.0301. The SMILES string of the molecule is CCOC(=O)c1cn(C(C)CC)c2cccc(N)c2c1=O. The van der Waals surface area contributed by atoms with E-state index in [9.17, 15) is 9.59 Å².